The average Bonchev–Trinajstić information content (AvgIpc) is 2.91. The van der Waals surface area contributed by atoms with Gasteiger partial charge in [-0.15, -0.1) is 0 Å². The Bertz CT molecular complexity index is 417. The van der Waals surface area contributed by atoms with E-state index in [0.29, 0.717) is 12.2 Å². The SMILES string of the molecule is CCN(CC)C(CC)(CC)C(=O)Cc1nccn1CC. The van der Waals surface area contributed by atoms with Gasteiger partial charge in [-0.1, -0.05) is 27.7 Å². The zero-order chi connectivity index (χ0) is 15.2. The van der Waals surface area contributed by atoms with Gasteiger partial charge in [-0.2, -0.15) is 0 Å². The van der Waals surface area contributed by atoms with Gasteiger partial charge in [-0.25, -0.2) is 4.98 Å². The lowest BCUT2D eigenvalue weighted by atomic mass is 9.84. The lowest BCUT2D eigenvalue weighted by Gasteiger charge is -2.41. The second-order valence-electron chi connectivity index (χ2n) is 5.14. The summed E-state index contributed by atoms with van der Waals surface area (Å²) in [6.45, 7) is 13.2. The topological polar surface area (TPSA) is 38.1 Å². The highest BCUT2D eigenvalue weighted by Gasteiger charge is 2.39. The Morgan fingerprint density at radius 3 is 2.25 bits per heavy atom. The van der Waals surface area contributed by atoms with Crippen molar-refractivity contribution in [2.45, 2.75) is 66.0 Å². The minimum atomic E-state index is -0.339. The monoisotopic (exact) mass is 279 g/mol. The van der Waals surface area contributed by atoms with E-state index in [4.69, 9.17) is 0 Å². The maximum Gasteiger partial charge on any atom is 0.160 e. The molecule has 0 saturated carbocycles. The van der Waals surface area contributed by atoms with Crippen molar-refractivity contribution in [2.24, 2.45) is 0 Å². The van der Waals surface area contributed by atoms with E-state index in [1.165, 1.54) is 0 Å². The van der Waals surface area contributed by atoms with Gasteiger partial charge in [0.1, 0.15) is 5.82 Å². The number of aromatic nitrogens is 2. The van der Waals surface area contributed by atoms with Crippen molar-refractivity contribution in [3.05, 3.63) is 18.2 Å². The molecule has 0 N–H and O–H groups in total. The van der Waals surface area contributed by atoms with Crippen LogP contribution in [-0.4, -0.2) is 38.9 Å². The Morgan fingerprint density at radius 1 is 1.20 bits per heavy atom. The van der Waals surface area contributed by atoms with Gasteiger partial charge in [0.2, 0.25) is 0 Å². The van der Waals surface area contributed by atoms with Crippen molar-refractivity contribution < 1.29 is 4.79 Å². The molecule has 0 amide bonds. The molecule has 0 bridgehead atoms. The number of carbonyl (C=O) groups excluding carboxylic acids is 1. The van der Waals surface area contributed by atoms with Crippen LogP contribution in [0.25, 0.3) is 0 Å². The van der Waals surface area contributed by atoms with E-state index >= 15 is 0 Å². The molecule has 1 heterocycles. The number of ketones is 1. The third-order valence-corrected chi connectivity index (χ3v) is 4.52. The molecule has 0 aliphatic heterocycles. The number of Topliss-reactive ketones (excluding diaryl/α,β-unsaturated/α-hetero) is 1. The smallest absolute Gasteiger partial charge is 0.160 e. The number of imidazole rings is 1. The third-order valence-electron chi connectivity index (χ3n) is 4.52. The van der Waals surface area contributed by atoms with Crippen molar-refractivity contribution in [1.29, 1.82) is 0 Å². The van der Waals surface area contributed by atoms with Crippen LogP contribution in [0.15, 0.2) is 12.4 Å². The summed E-state index contributed by atoms with van der Waals surface area (Å²) in [5.41, 5.74) is -0.339. The molecular formula is C16H29N3O. The van der Waals surface area contributed by atoms with Crippen LogP contribution < -0.4 is 0 Å². The van der Waals surface area contributed by atoms with Crippen LogP contribution in [0.5, 0.6) is 0 Å². The van der Waals surface area contributed by atoms with E-state index < -0.39 is 0 Å². The number of aryl methyl sites for hydroxylation is 1. The van der Waals surface area contributed by atoms with Crippen LogP contribution in [-0.2, 0) is 17.8 Å². The van der Waals surface area contributed by atoms with Crippen molar-refractivity contribution >= 4 is 5.78 Å². The predicted octanol–water partition coefficient (Wildman–Crippen LogP) is 2.92. The maximum atomic E-state index is 12.9. The molecule has 1 aromatic rings. The van der Waals surface area contributed by atoms with Gasteiger partial charge in [-0.3, -0.25) is 9.69 Å². The Hall–Kier alpha value is -1.16. The van der Waals surface area contributed by atoms with Crippen LogP contribution in [0, 0.1) is 0 Å². The van der Waals surface area contributed by atoms with Gasteiger partial charge in [-0.05, 0) is 32.9 Å². The van der Waals surface area contributed by atoms with Crippen LogP contribution in [0.2, 0.25) is 0 Å². The fourth-order valence-electron chi connectivity index (χ4n) is 3.20. The molecule has 20 heavy (non-hydrogen) atoms. The largest absolute Gasteiger partial charge is 0.335 e. The molecule has 1 rings (SSSR count). The lowest BCUT2D eigenvalue weighted by Crippen LogP contribution is -2.54. The second-order valence-corrected chi connectivity index (χ2v) is 5.14. The van der Waals surface area contributed by atoms with Gasteiger partial charge in [0.25, 0.3) is 0 Å². The number of hydrogen-bond acceptors (Lipinski definition) is 3. The van der Waals surface area contributed by atoms with Crippen molar-refractivity contribution in [3.63, 3.8) is 0 Å². The minimum absolute atomic E-state index is 0.298. The fourth-order valence-corrected chi connectivity index (χ4v) is 3.20. The minimum Gasteiger partial charge on any atom is -0.335 e. The van der Waals surface area contributed by atoms with Gasteiger partial charge in [0.05, 0.1) is 12.0 Å². The van der Waals surface area contributed by atoms with E-state index in [1.807, 2.05) is 6.20 Å². The van der Waals surface area contributed by atoms with Crippen LogP contribution in [0.4, 0.5) is 0 Å². The Morgan fingerprint density at radius 2 is 1.80 bits per heavy atom. The van der Waals surface area contributed by atoms with Crippen molar-refractivity contribution in [3.8, 4) is 0 Å². The second kappa shape index (κ2) is 7.58. The standard InChI is InChI=1S/C16H29N3O/c1-6-16(7-2,19(9-4)10-5)14(20)13-15-17-11-12-18(15)8-3/h11-12H,6-10,13H2,1-5H3. The number of rotatable bonds is 9. The van der Waals surface area contributed by atoms with Gasteiger partial charge < -0.3 is 4.57 Å². The molecule has 0 spiro atoms. The summed E-state index contributed by atoms with van der Waals surface area (Å²) >= 11 is 0. The summed E-state index contributed by atoms with van der Waals surface area (Å²) in [4.78, 5) is 19.6. The summed E-state index contributed by atoms with van der Waals surface area (Å²) in [6, 6.07) is 0. The Balaban J connectivity index is 3.00. The summed E-state index contributed by atoms with van der Waals surface area (Å²) in [6.07, 6.45) is 5.87. The maximum absolute atomic E-state index is 12.9. The Labute approximate surface area is 123 Å². The highest BCUT2D eigenvalue weighted by atomic mass is 16.1. The highest BCUT2D eigenvalue weighted by molar-refractivity contribution is 5.89. The molecule has 0 aliphatic carbocycles. The average molecular weight is 279 g/mol. The summed E-state index contributed by atoms with van der Waals surface area (Å²) in [5.74, 6) is 1.18. The normalized spacial score (nSPS) is 12.1. The molecule has 4 heteroatoms. The first kappa shape index (κ1) is 16.9. The third kappa shape index (κ3) is 3.11. The summed E-state index contributed by atoms with van der Waals surface area (Å²) in [7, 11) is 0. The van der Waals surface area contributed by atoms with E-state index in [-0.39, 0.29) is 5.54 Å². The van der Waals surface area contributed by atoms with Gasteiger partial charge >= 0.3 is 0 Å². The number of likely N-dealkylation sites (N-methyl/N-ethyl adjacent to an activating group) is 1. The molecule has 114 valence electrons. The van der Waals surface area contributed by atoms with E-state index in [9.17, 15) is 4.79 Å². The van der Waals surface area contributed by atoms with Crippen LogP contribution in [0.1, 0.15) is 53.3 Å². The summed E-state index contributed by atoms with van der Waals surface area (Å²) < 4.78 is 2.05. The molecule has 0 saturated heterocycles. The Kier molecular flexibility index (Phi) is 6.40. The molecule has 0 unspecified atom stereocenters. The first-order valence-corrected chi connectivity index (χ1v) is 7.87. The van der Waals surface area contributed by atoms with Crippen LogP contribution >= 0.6 is 0 Å². The quantitative estimate of drug-likeness (QED) is 0.697. The molecule has 4 nitrogen and oxygen atoms in total. The molecule has 0 fully saturated rings. The van der Waals surface area contributed by atoms with Crippen LogP contribution in [0.3, 0.4) is 0 Å². The molecule has 1 aromatic heterocycles. The van der Waals surface area contributed by atoms with E-state index in [1.54, 1.807) is 6.20 Å². The number of carbonyl (C=O) groups is 1. The summed E-state index contributed by atoms with van der Waals surface area (Å²) in [5, 5.41) is 0. The molecule has 0 atom stereocenters. The van der Waals surface area contributed by atoms with Gasteiger partial charge in [0.15, 0.2) is 5.78 Å². The lowest BCUT2D eigenvalue weighted by molar-refractivity contribution is -0.131. The van der Waals surface area contributed by atoms with E-state index in [2.05, 4.69) is 49.1 Å². The zero-order valence-electron chi connectivity index (χ0n) is 13.6. The van der Waals surface area contributed by atoms with Crippen molar-refractivity contribution in [2.75, 3.05) is 13.1 Å². The zero-order valence-corrected chi connectivity index (χ0v) is 13.6. The number of hydrogen-bond donors (Lipinski definition) is 0. The fraction of sp³-hybridized carbons (Fsp3) is 0.750. The first-order valence-electron chi connectivity index (χ1n) is 7.87. The van der Waals surface area contributed by atoms with Crippen molar-refractivity contribution in [1.82, 2.24) is 14.5 Å². The number of nitrogens with zero attached hydrogens (tertiary/aromatic N) is 3. The molecule has 0 radical (unpaired) electrons. The molecule has 0 aliphatic rings. The predicted molar refractivity (Wildman–Crippen MR) is 82.8 cm³/mol. The first-order chi connectivity index (χ1) is 9.59. The molecule has 0 aromatic carbocycles. The van der Waals surface area contributed by atoms with Gasteiger partial charge in [0, 0.05) is 18.9 Å². The highest BCUT2D eigenvalue weighted by Crippen LogP contribution is 2.26. The van der Waals surface area contributed by atoms with E-state index in [0.717, 1.165) is 38.3 Å². The molecular weight excluding hydrogens is 250 g/mol.